The lowest BCUT2D eigenvalue weighted by Crippen LogP contribution is -2.28. The molecule has 1 aliphatic rings. The number of ether oxygens (including phenoxy) is 2. The summed E-state index contributed by atoms with van der Waals surface area (Å²) in [4.78, 5) is 26.4. The molecule has 1 atom stereocenters. The van der Waals surface area contributed by atoms with Gasteiger partial charge < -0.3 is 19.7 Å². The van der Waals surface area contributed by atoms with Gasteiger partial charge in [0.15, 0.2) is 11.5 Å². The minimum absolute atomic E-state index is 0.0785. The Labute approximate surface area is 160 Å². The summed E-state index contributed by atoms with van der Waals surface area (Å²) >= 11 is 5.73. The molecule has 6 nitrogen and oxygen atoms in total. The van der Waals surface area contributed by atoms with Crippen molar-refractivity contribution in [3.8, 4) is 11.5 Å². The summed E-state index contributed by atoms with van der Waals surface area (Å²) in [6.45, 7) is 0.231. The fourth-order valence-electron chi connectivity index (χ4n) is 2.94. The van der Waals surface area contributed by atoms with E-state index in [2.05, 4.69) is 5.32 Å². The second kappa shape index (κ2) is 7.84. The van der Waals surface area contributed by atoms with Crippen LogP contribution in [-0.2, 0) is 9.59 Å². The van der Waals surface area contributed by atoms with E-state index >= 15 is 0 Å². The van der Waals surface area contributed by atoms with Crippen molar-refractivity contribution in [2.45, 2.75) is 6.42 Å². The number of nitrogens with zero attached hydrogens (tertiary/aromatic N) is 1. The lowest BCUT2D eigenvalue weighted by atomic mass is 10.1. The number of carbonyl (C=O) groups excluding carboxylic acids is 2. The Bertz CT molecular complexity index is 890. The van der Waals surface area contributed by atoms with Crippen LogP contribution in [0.4, 0.5) is 15.8 Å². The first-order chi connectivity index (χ1) is 12.9. The second-order valence-corrected chi connectivity index (χ2v) is 6.47. The number of anilines is 2. The monoisotopic (exact) mass is 392 g/mol. The van der Waals surface area contributed by atoms with E-state index in [9.17, 15) is 14.0 Å². The van der Waals surface area contributed by atoms with Gasteiger partial charge in [-0.15, -0.1) is 0 Å². The molecular formula is C19H18ClFN2O4. The molecule has 0 radical (unpaired) electrons. The van der Waals surface area contributed by atoms with Crippen molar-refractivity contribution in [1.29, 1.82) is 0 Å². The van der Waals surface area contributed by atoms with Crippen molar-refractivity contribution in [3.05, 3.63) is 47.2 Å². The second-order valence-electron chi connectivity index (χ2n) is 6.06. The summed E-state index contributed by atoms with van der Waals surface area (Å²) < 4.78 is 23.7. The van der Waals surface area contributed by atoms with Gasteiger partial charge in [0.25, 0.3) is 0 Å². The average molecular weight is 393 g/mol. The molecule has 27 heavy (non-hydrogen) atoms. The number of benzene rings is 2. The van der Waals surface area contributed by atoms with E-state index in [1.165, 1.54) is 37.3 Å². The van der Waals surface area contributed by atoms with E-state index < -0.39 is 11.7 Å². The van der Waals surface area contributed by atoms with Crippen LogP contribution in [0, 0.1) is 11.7 Å². The Kier molecular flexibility index (Phi) is 5.51. The maximum absolute atomic E-state index is 13.2. The van der Waals surface area contributed by atoms with Gasteiger partial charge in [0.05, 0.1) is 25.2 Å². The Morgan fingerprint density at radius 3 is 2.59 bits per heavy atom. The predicted octanol–water partition coefficient (Wildman–Crippen LogP) is 3.49. The summed E-state index contributed by atoms with van der Waals surface area (Å²) in [7, 11) is 3.04. The number of hydrogen-bond acceptors (Lipinski definition) is 4. The summed E-state index contributed by atoms with van der Waals surface area (Å²) in [5, 5.41) is 2.59. The van der Waals surface area contributed by atoms with Crippen molar-refractivity contribution < 1.29 is 23.5 Å². The predicted molar refractivity (Wildman–Crippen MR) is 100 cm³/mol. The molecule has 2 aromatic rings. The molecule has 0 saturated carbocycles. The standard InChI is InChI=1S/C19H18ClFN2O4/c1-26-16-6-4-13(9-17(16)27-2)23-10-11(7-18(23)24)19(25)22-12-3-5-15(21)14(20)8-12/h3-6,8-9,11H,7,10H2,1-2H3,(H,22,25). The fourth-order valence-corrected chi connectivity index (χ4v) is 3.12. The first kappa shape index (κ1) is 19.0. The van der Waals surface area contributed by atoms with Crippen LogP contribution in [0.3, 0.4) is 0 Å². The lowest BCUT2D eigenvalue weighted by molar-refractivity contribution is -0.122. The smallest absolute Gasteiger partial charge is 0.229 e. The summed E-state index contributed by atoms with van der Waals surface area (Å²) in [6.07, 6.45) is 0.0785. The molecule has 1 saturated heterocycles. The largest absolute Gasteiger partial charge is 0.493 e. The van der Waals surface area contributed by atoms with Gasteiger partial charge in [-0.05, 0) is 30.3 Å². The lowest BCUT2D eigenvalue weighted by Gasteiger charge is -2.18. The summed E-state index contributed by atoms with van der Waals surface area (Å²) in [5.41, 5.74) is 1.00. The van der Waals surface area contributed by atoms with Gasteiger partial charge in [-0.2, -0.15) is 0 Å². The van der Waals surface area contributed by atoms with Gasteiger partial charge >= 0.3 is 0 Å². The number of hydrogen-bond donors (Lipinski definition) is 1. The maximum Gasteiger partial charge on any atom is 0.229 e. The van der Waals surface area contributed by atoms with Crippen LogP contribution >= 0.6 is 11.6 Å². The number of amides is 2. The molecule has 0 bridgehead atoms. The number of rotatable bonds is 5. The molecule has 1 fully saturated rings. The van der Waals surface area contributed by atoms with Crippen LogP contribution in [0.15, 0.2) is 36.4 Å². The van der Waals surface area contributed by atoms with Gasteiger partial charge in [0.1, 0.15) is 5.82 Å². The van der Waals surface area contributed by atoms with Gasteiger partial charge in [-0.1, -0.05) is 11.6 Å². The number of halogens is 2. The molecule has 8 heteroatoms. The van der Waals surface area contributed by atoms with Crippen LogP contribution in [-0.4, -0.2) is 32.6 Å². The molecular weight excluding hydrogens is 375 g/mol. The molecule has 0 spiro atoms. The van der Waals surface area contributed by atoms with Crippen LogP contribution in [0.25, 0.3) is 0 Å². The number of methoxy groups -OCH3 is 2. The van der Waals surface area contributed by atoms with Crippen molar-refractivity contribution in [1.82, 2.24) is 0 Å². The molecule has 142 valence electrons. The van der Waals surface area contributed by atoms with E-state index in [1.807, 2.05) is 0 Å². The van der Waals surface area contributed by atoms with Gasteiger partial charge in [0.2, 0.25) is 11.8 Å². The highest BCUT2D eigenvalue weighted by molar-refractivity contribution is 6.31. The Morgan fingerprint density at radius 1 is 1.19 bits per heavy atom. The Hall–Kier alpha value is -2.80. The van der Waals surface area contributed by atoms with E-state index in [1.54, 1.807) is 18.2 Å². The number of nitrogens with one attached hydrogen (secondary N) is 1. The Balaban J connectivity index is 1.73. The SMILES string of the molecule is COc1ccc(N2CC(C(=O)Nc3ccc(F)c(Cl)c3)CC2=O)cc1OC. The third-order valence-corrected chi connectivity index (χ3v) is 4.65. The zero-order chi connectivity index (χ0) is 19.6. The topological polar surface area (TPSA) is 67.9 Å². The normalized spacial score (nSPS) is 16.4. The van der Waals surface area contributed by atoms with Crippen molar-refractivity contribution in [3.63, 3.8) is 0 Å². The zero-order valence-electron chi connectivity index (χ0n) is 14.8. The molecule has 1 aliphatic heterocycles. The first-order valence-electron chi connectivity index (χ1n) is 8.21. The molecule has 0 aromatic heterocycles. The number of carbonyl (C=O) groups is 2. The highest BCUT2D eigenvalue weighted by Crippen LogP contribution is 2.34. The fraction of sp³-hybridized carbons (Fsp3) is 0.263. The van der Waals surface area contributed by atoms with Crippen LogP contribution in [0.1, 0.15) is 6.42 Å². The van der Waals surface area contributed by atoms with E-state index in [0.29, 0.717) is 22.9 Å². The average Bonchev–Trinajstić information content (AvgIpc) is 3.06. The van der Waals surface area contributed by atoms with Crippen LogP contribution in [0.5, 0.6) is 11.5 Å². The molecule has 3 rings (SSSR count). The van der Waals surface area contributed by atoms with Gasteiger partial charge in [0, 0.05) is 30.4 Å². The van der Waals surface area contributed by atoms with Crippen molar-refractivity contribution >= 4 is 34.8 Å². The van der Waals surface area contributed by atoms with E-state index in [0.717, 1.165) is 0 Å². The van der Waals surface area contributed by atoms with Crippen molar-refractivity contribution in [2.24, 2.45) is 5.92 Å². The summed E-state index contributed by atoms with van der Waals surface area (Å²) in [6, 6.07) is 9.05. The quantitative estimate of drug-likeness (QED) is 0.845. The highest BCUT2D eigenvalue weighted by atomic mass is 35.5. The third kappa shape index (κ3) is 3.98. The molecule has 2 amide bonds. The van der Waals surface area contributed by atoms with E-state index in [-0.39, 0.29) is 29.8 Å². The maximum atomic E-state index is 13.2. The van der Waals surface area contributed by atoms with Crippen LogP contribution < -0.4 is 19.7 Å². The van der Waals surface area contributed by atoms with Gasteiger partial charge in [-0.25, -0.2) is 4.39 Å². The Morgan fingerprint density at radius 2 is 1.93 bits per heavy atom. The van der Waals surface area contributed by atoms with Crippen molar-refractivity contribution in [2.75, 3.05) is 31.0 Å². The molecule has 1 unspecified atom stereocenters. The minimum Gasteiger partial charge on any atom is -0.493 e. The molecule has 2 aromatic carbocycles. The third-order valence-electron chi connectivity index (χ3n) is 4.36. The molecule has 1 heterocycles. The summed E-state index contributed by atoms with van der Waals surface area (Å²) in [5.74, 6) is -0.541. The highest BCUT2D eigenvalue weighted by Gasteiger charge is 2.35. The first-order valence-corrected chi connectivity index (χ1v) is 8.59. The minimum atomic E-state index is -0.565. The zero-order valence-corrected chi connectivity index (χ0v) is 15.5. The molecule has 0 aliphatic carbocycles. The van der Waals surface area contributed by atoms with E-state index in [4.69, 9.17) is 21.1 Å². The van der Waals surface area contributed by atoms with Gasteiger partial charge in [-0.3, -0.25) is 9.59 Å². The van der Waals surface area contributed by atoms with Crippen LogP contribution in [0.2, 0.25) is 5.02 Å². The molecule has 1 N–H and O–H groups in total.